The summed E-state index contributed by atoms with van der Waals surface area (Å²) in [5.41, 5.74) is 0. The maximum Gasteiger partial charge on any atom is 0.326 e. The van der Waals surface area contributed by atoms with Gasteiger partial charge in [-0.1, -0.05) is 0 Å². The van der Waals surface area contributed by atoms with Crippen LogP contribution in [0.1, 0.15) is 13.3 Å². The molecule has 0 aliphatic carbocycles. The molecule has 0 aliphatic heterocycles. The monoisotopic (exact) mass is 305 g/mol. The number of nitrogens with one attached hydrogen (secondary N) is 1. The number of carbonyl (C=O) groups is 3. The van der Waals surface area contributed by atoms with Gasteiger partial charge in [0.15, 0.2) is 0 Å². The Morgan fingerprint density at radius 1 is 1.30 bits per heavy atom. The van der Waals surface area contributed by atoms with Gasteiger partial charge in [0.2, 0.25) is 5.91 Å². The highest BCUT2D eigenvalue weighted by atomic mass is 32.2. The summed E-state index contributed by atoms with van der Waals surface area (Å²) in [5.74, 6) is -0.639. The van der Waals surface area contributed by atoms with E-state index in [1.807, 2.05) is 6.26 Å². The van der Waals surface area contributed by atoms with Crippen molar-refractivity contribution in [2.24, 2.45) is 0 Å². The van der Waals surface area contributed by atoms with Gasteiger partial charge in [-0.3, -0.25) is 4.79 Å². The van der Waals surface area contributed by atoms with Crippen LogP contribution in [0, 0.1) is 0 Å². The van der Waals surface area contributed by atoms with Crippen LogP contribution >= 0.6 is 11.8 Å². The Bertz CT molecular complexity index is 350. The second kappa shape index (κ2) is 9.46. The Kier molecular flexibility index (Phi) is 8.78. The van der Waals surface area contributed by atoms with Crippen molar-refractivity contribution in [3.8, 4) is 0 Å². The van der Waals surface area contributed by atoms with Gasteiger partial charge in [0.1, 0.15) is 12.6 Å². The van der Waals surface area contributed by atoms with Gasteiger partial charge in [-0.2, -0.15) is 11.8 Å². The Morgan fingerprint density at radius 3 is 2.30 bits per heavy atom. The Labute approximate surface area is 123 Å². The van der Waals surface area contributed by atoms with Gasteiger partial charge in [0, 0.05) is 20.6 Å². The average Bonchev–Trinajstić information content (AvgIpc) is 2.39. The maximum absolute atomic E-state index is 12.0. The highest BCUT2D eigenvalue weighted by molar-refractivity contribution is 7.98. The summed E-state index contributed by atoms with van der Waals surface area (Å²) in [7, 11) is 3.21. The van der Waals surface area contributed by atoms with E-state index in [0.29, 0.717) is 18.7 Å². The molecule has 0 aromatic heterocycles. The van der Waals surface area contributed by atoms with Gasteiger partial charge in [0.25, 0.3) is 0 Å². The van der Waals surface area contributed by atoms with Crippen LogP contribution < -0.4 is 5.32 Å². The number of nitrogens with zero attached hydrogens (tertiary/aromatic N) is 2. The molecular weight excluding hydrogens is 282 g/mol. The number of urea groups is 1. The number of carbonyl (C=O) groups excluding carboxylic acids is 2. The van der Waals surface area contributed by atoms with Crippen LogP contribution in [-0.4, -0.2) is 78.0 Å². The third-order valence-corrected chi connectivity index (χ3v) is 3.34. The van der Waals surface area contributed by atoms with Crippen LogP contribution in [0.2, 0.25) is 0 Å². The lowest BCUT2D eigenvalue weighted by molar-refractivity contribution is -0.139. The van der Waals surface area contributed by atoms with E-state index in [4.69, 9.17) is 5.11 Å². The highest BCUT2D eigenvalue weighted by Crippen LogP contribution is 2.02. The third-order valence-electron chi connectivity index (χ3n) is 2.70. The number of likely N-dealkylation sites (N-methyl/N-ethyl adjacent to an activating group) is 2. The van der Waals surface area contributed by atoms with Crippen molar-refractivity contribution in [1.82, 2.24) is 15.1 Å². The van der Waals surface area contributed by atoms with Crippen molar-refractivity contribution in [2.45, 2.75) is 19.4 Å². The van der Waals surface area contributed by atoms with Crippen molar-refractivity contribution in [2.75, 3.05) is 39.2 Å². The lowest BCUT2D eigenvalue weighted by Crippen LogP contribution is -2.50. The molecule has 0 saturated carbocycles. The van der Waals surface area contributed by atoms with Gasteiger partial charge in [-0.15, -0.1) is 0 Å². The van der Waals surface area contributed by atoms with E-state index in [9.17, 15) is 14.4 Å². The maximum atomic E-state index is 12.0. The fraction of sp³-hybridized carbons (Fsp3) is 0.750. The summed E-state index contributed by atoms with van der Waals surface area (Å²) in [4.78, 5) is 37.3. The molecule has 0 spiro atoms. The standard InChI is InChI=1S/C12H23N3O4S/c1-5-15(8-10(16)14(2)3)12(19)13-9(11(17)18)6-7-20-4/h9H,5-8H2,1-4H3,(H,13,19)(H,17,18)/t9-/m0/s1. The zero-order valence-corrected chi connectivity index (χ0v) is 13.2. The molecule has 0 heterocycles. The number of carboxylic acids is 1. The minimum Gasteiger partial charge on any atom is -0.480 e. The van der Waals surface area contributed by atoms with E-state index in [0.717, 1.165) is 0 Å². The summed E-state index contributed by atoms with van der Waals surface area (Å²) in [5, 5.41) is 11.5. The third kappa shape index (κ3) is 6.65. The number of hydrogen-bond acceptors (Lipinski definition) is 4. The van der Waals surface area contributed by atoms with Crippen LogP contribution in [0.4, 0.5) is 4.79 Å². The number of thioether (sulfide) groups is 1. The first-order valence-electron chi connectivity index (χ1n) is 6.30. The zero-order chi connectivity index (χ0) is 15.7. The molecule has 0 aromatic rings. The van der Waals surface area contributed by atoms with Crippen molar-refractivity contribution >= 4 is 29.7 Å². The second-order valence-corrected chi connectivity index (χ2v) is 5.41. The molecule has 0 aromatic carbocycles. The number of carboxylic acid groups (broad SMARTS) is 1. The number of hydrogen-bond donors (Lipinski definition) is 2. The molecule has 0 aliphatic rings. The topological polar surface area (TPSA) is 90.0 Å². The van der Waals surface area contributed by atoms with Crippen molar-refractivity contribution in [3.63, 3.8) is 0 Å². The first kappa shape index (κ1) is 18.6. The fourth-order valence-corrected chi connectivity index (χ4v) is 1.84. The summed E-state index contributed by atoms with van der Waals surface area (Å²) in [6.45, 7) is 2.00. The number of amides is 3. The van der Waals surface area contributed by atoms with Crippen molar-refractivity contribution < 1.29 is 19.5 Å². The normalized spacial score (nSPS) is 11.6. The largest absolute Gasteiger partial charge is 0.480 e. The summed E-state index contributed by atoms with van der Waals surface area (Å²) >= 11 is 1.51. The van der Waals surface area contributed by atoms with Gasteiger partial charge in [-0.05, 0) is 25.4 Å². The van der Waals surface area contributed by atoms with E-state index in [1.165, 1.54) is 21.6 Å². The minimum atomic E-state index is -1.07. The molecule has 0 bridgehead atoms. The van der Waals surface area contributed by atoms with Crippen molar-refractivity contribution in [1.29, 1.82) is 0 Å². The average molecular weight is 305 g/mol. The molecule has 2 N–H and O–H groups in total. The van der Waals surface area contributed by atoms with E-state index in [2.05, 4.69) is 5.32 Å². The van der Waals surface area contributed by atoms with E-state index in [1.54, 1.807) is 21.0 Å². The first-order valence-corrected chi connectivity index (χ1v) is 7.70. The Morgan fingerprint density at radius 2 is 1.90 bits per heavy atom. The SMILES string of the molecule is CCN(CC(=O)N(C)C)C(=O)N[C@@H](CCSC)C(=O)O. The van der Waals surface area contributed by atoms with Gasteiger partial charge in [0.05, 0.1) is 0 Å². The molecule has 116 valence electrons. The van der Waals surface area contributed by atoms with E-state index < -0.39 is 18.0 Å². The summed E-state index contributed by atoms with van der Waals surface area (Å²) in [6, 6.07) is -1.46. The van der Waals surface area contributed by atoms with Crippen LogP contribution in [-0.2, 0) is 9.59 Å². The molecule has 7 nitrogen and oxygen atoms in total. The molecule has 0 radical (unpaired) electrons. The van der Waals surface area contributed by atoms with Crippen molar-refractivity contribution in [3.05, 3.63) is 0 Å². The van der Waals surface area contributed by atoms with Crippen LogP contribution in [0.25, 0.3) is 0 Å². The molecule has 1 atom stereocenters. The molecule has 0 rings (SSSR count). The Balaban J connectivity index is 4.58. The lowest BCUT2D eigenvalue weighted by Gasteiger charge is -2.24. The van der Waals surface area contributed by atoms with Gasteiger partial charge in [-0.25, -0.2) is 9.59 Å². The molecule has 0 unspecified atom stereocenters. The Hall–Kier alpha value is -1.44. The van der Waals surface area contributed by atoms with E-state index in [-0.39, 0.29) is 12.5 Å². The van der Waals surface area contributed by atoms with Crippen LogP contribution in [0.15, 0.2) is 0 Å². The molecule has 20 heavy (non-hydrogen) atoms. The van der Waals surface area contributed by atoms with Crippen LogP contribution in [0.5, 0.6) is 0 Å². The fourth-order valence-electron chi connectivity index (χ4n) is 1.37. The zero-order valence-electron chi connectivity index (χ0n) is 12.4. The lowest BCUT2D eigenvalue weighted by atomic mass is 10.2. The molecule has 0 saturated heterocycles. The molecule has 3 amide bonds. The summed E-state index contributed by atoms with van der Waals surface area (Å²) < 4.78 is 0. The highest BCUT2D eigenvalue weighted by Gasteiger charge is 2.23. The number of aliphatic carboxylic acids is 1. The molecular formula is C12H23N3O4S. The quantitative estimate of drug-likeness (QED) is 0.674. The molecule has 8 heteroatoms. The number of rotatable bonds is 8. The molecule has 0 fully saturated rings. The van der Waals surface area contributed by atoms with Gasteiger partial charge < -0.3 is 20.2 Å². The van der Waals surface area contributed by atoms with Crippen LogP contribution in [0.3, 0.4) is 0 Å². The predicted molar refractivity (Wildman–Crippen MR) is 78.9 cm³/mol. The predicted octanol–water partition coefficient (Wildman–Crippen LogP) is 0.312. The summed E-state index contributed by atoms with van der Waals surface area (Å²) in [6.07, 6.45) is 2.22. The van der Waals surface area contributed by atoms with E-state index >= 15 is 0 Å². The smallest absolute Gasteiger partial charge is 0.326 e. The first-order chi connectivity index (χ1) is 9.33. The van der Waals surface area contributed by atoms with Gasteiger partial charge >= 0.3 is 12.0 Å². The minimum absolute atomic E-state index is 0.0653. The second-order valence-electron chi connectivity index (χ2n) is 4.42.